The van der Waals surface area contributed by atoms with Crippen molar-refractivity contribution in [3.63, 3.8) is 0 Å². The molecule has 16 heteroatoms. The fourth-order valence-electron chi connectivity index (χ4n) is 5.60. The summed E-state index contributed by atoms with van der Waals surface area (Å²) in [4.78, 5) is 64.4. The van der Waals surface area contributed by atoms with Crippen molar-refractivity contribution in [1.82, 2.24) is 15.5 Å². The van der Waals surface area contributed by atoms with Gasteiger partial charge in [0.2, 0.25) is 11.8 Å². The maximum Gasteiger partial charge on any atom is 0.491 e. The number of amides is 4. The van der Waals surface area contributed by atoms with Crippen molar-refractivity contribution in [2.45, 2.75) is 57.0 Å². The number of fused-ring (bicyclic) bond motifs is 2. The first kappa shape index (κ1) is 30.2. The van der Waals surface area contributed by atoms with Crippen LogP contribution in [0.2, 0.25) is 0 Å². The number of carbonyl (C=O) groups is 5. The number of carbonyl (C=O) groups excluding carboxylic acids is 4. The first-order valence-electron chi connectivity index (χ1n) is 13.8. The Bertz CT molecular complexity index is 1470. The van der Waals surface area contributed by atoms with Gasteiger partial charge in [0.25, 0.3) is 11.8 Å². The number of aliphatic carboxylic acids is 1. The molecular formula is C27H30B2N4O10. The first-order chi connectivity index (χ1) is 20.5. The molecular weight excluding hydrogens is 562 g/mol. The van der Waals surface area contributed by atoms with Crippen molar-refractivity contribution < 1.29 is 48.4 Å². The van der Waals surface area contributed by atoms with Crippen molar-refractivity contribution in [3.8, 4) is 0 Å². The molecule has 0 aromatic heterocycles. The maximum atomic E-state index is 13.7. The largest absolute Gasteiger partial charge is 0.491 e. The average Bonchev–Trinajstić information content (AvgIpc) is 3.67. The summed E-state index contributed by atoms with van der Waals surface area (Å²) in [6, 6.07) is 6.83. The number of nitrogens with one attached hydrogen (secondary N) is 2. The number of carboxylic acids is 1. The molecule has 3 atom stereocenters. The summed E-state index contributed by atoms with van der Waals surface area (Å²) < 4.78 is 10.4. The van der Waals surface area contributed by atoms with Crippen LogP contribution in [0.3, 0.4) is 0 Å². The summed E-state index contributed by atoms with van der Waals surface area (Å²) in [6.45, 7) is 0.374. The highest BCUT2D eigenvalue weighted by molar-refractivity contribution is 6.62. The molecule has 0 spiro atoms. The normalized spacial score (nSPS) is 19.5. The predicted molar refractivity (Wildman–Crippen MR) is 151 cm³/mol. The molecule has 0 saturated carbocycles. The summed E-state index contributed by atoms with van der Waals surface area (Å²) in [6.07, 6.45) is -0.599. The van der Waals surface area contributed by atoms with E-state index in [1.54, 1.807) is 24.3 Å². The van der Waals surface area contributed by atoms with E-state index >= 15 is 0 Å². The Morgan fingerprint density at radius 3 is 2.19 bits per heavy atom. The second-order valence-corrected chi connectivity index (χ2v) is 10.8. The molecule has 0 radical (unpaired) electrons. The van der Waals surface area contributed by atoms with Crippen molar-refractivity contribution >= 4 is 54.8 Å². The molecule has 2 aromatic rings. The van der Waals surface area contributed by atoms with Crippen LogP contribution in [0.5, 0.6) is 0 Å². The van der Waals surface area contributed by atoms with Crippen LogP contribution in [0.25, 0.3) is 0 Å². The molecule has 7 N–H and O–H groups in total. The lowest BCUT2D eigenvalue weighted by molar-refractivity contribution is -0.138. The van der Waals surface area contributed by atoms with E-state index < -0.39 is 68.4 Å². The Balaban J connectivity index is 1.36. The van der Waals surface area contributed by atoms with Gasteiger partial charge in [0.15, 0.2) is 0 Å². The zero-order valence-electron chi connectivity index (χ0n) is 23.0. The van der Waals surface area contributed by atoms with Crippen molar-refractivity contribution in [1.29, 1.82) is 0 Å². The quantitative estimate of drug-likeness (QED) is 0.158. The van der Waals surface area contributed by atoms with Gasteiger partial charge in [-0.3, -0.25) is 24.0 Å². The molecule has 1 fully saturated rings. The summed E-state index contributed by atoms with van der Waals surface area (Å²) >= 11 is 0. The highest BCUT2D eigenvalue weighted by Crippen LogP contribution is 2.23. The number of carboxylic acid groups (broad SMARTS) is 1. The van der Waals surface area contributed by atoms with E-state index in [2.05, 4.69) is 10.6 Å². The molecule has 43 heavy (non-hydrogen) atoms. The molecule has 3 aliphatic heterocycles. The molecule has 5 rings (SSSR count). The molecule has 14 nitrogen and oxygen atoms in total. The topological polar surface area (TPSA) is 218 Å². The Morgan fingerprint density at radius 2 is 1.58 bits per heavy atom. The van der Waals surface area contributed by atoms with Gasteiger partial charge in [-0.05, 0) is 59.2 Å². The van der Waals surface area contributed by atoms with Crippen molar-refractivity contribution in [3.05, 3.63) is 58.7 Å². The van der Waals surface area contributed by atoms with Crippen LogP contribution in [0.4, 0.5) is 0 Å². The van der Waals surface area contributed by atoms with Crippen LogP contribution in [-0.2, 0) is 36.9 Å². The zero-order chi connectivity index (χ0) is 30.8. The van der Waals surface area contributed by atoms with Crippen molar-refractivity contribution in [2.24, 2.45) is 5.73 Å². The molecule has 224 valence electrons. The van der Waals surface area contributed by atoms with E-state index in [9.17, 15) is 39.1 Å². The average molecular weight is 592 g/mol. The monoisotopic (exact) mass is 592 g/mol. The lowest BCUT2D eigenvalue weighted by atomic mass is 9.78. The Hall–Kier alpha value is -4.24. The molecule has 0 aliphatic carbocycles. The number of hydrogen-bond acceptors (Lipinski definition) is 9. The number of primary amides is 1. The van der Waals surface area contributed by atoms with Crippen LogP contribution >= 0.6 is 0 Å². The predicted octanol–water partition coefficient (Wildman–Crippen LogP) is -2.64. The summed E-state index contributed by atoms with van der Waals surface area (Å²) in [5, 5.41) is 34.9. The number of hydrogen-bond donors (Lipinski definition) is 6. The third-order valence-electron chi connectivity index (χ3n) is 7.83. The Morgan fingerprint density at radius 1 is 0.977 bits per heavy atom. The van der Waals surface area contributed by atoms with E-state index in [1.165, 1.54) is 17.0 Å². The van der Waals surface area contributed by atoms with Gasteiger partial charge in [-0.2, -0.15) is 0 Å². The highest BCUT2D eigenvalue weighted by atomic mass is 16.5. The number of nitrogens with two attached hydrogens (primary N) is 1. The van der Waals surface area contributed by atoms with E-state index in [4.69, 9.17) is 15.0 Å². The second kappa shape index (κ2) is 12.6. The van der Waals surface area contributed by atoms with Gasteiger partial charge >= 0.3 is 20.2 Å². The minimum Gasteiger partial charge on any atom is -0.481 e. The van der Waals surface area contributed by atoms with E-state index in [0.29, 0.717) is 10.9 Å². The third kappa shape index (κ3) is 6.72. The molecule has 3 heterocycles. The van der Waals surface area contributed by atoms with Crippen LogP contribution in [0.1, 0.15) is 57.5 Å². The van der Waals surface area contributed by atoms with Gasteiger partial charge < -0.3 is 45.7 Å². The minimum absolute atomic E-state index is 0.00912. The molecule has 3 aliphatic rings. The maximum absolute atomic E-state index is 13.7. The van der Waals surface area contributed by atoms with Crippen LogP contribution in [0.15, 0.2) is 36.4 Å². The summed E-state index contributed by atoms with van der Waals surface area (Å²) in [7, 11) is -2.33. The van der Waals surface area contributed by atoms with E-state index in [1.807, 2.05) is 0 Å². The van der Waals surface area contributed by atoms with Gasteiger partial charge in [-0.25, -0.2) is 0 Å². The molecule has 1 saturated heterocycles. The lowest BCUT2D eigenvalue weighted by Gasteiger charge is -2.26. The van der Waals surface area contributed by atoms with Gasteiger partial charge in [-0.15, -0.1) is 0 Å². The standard InChI is InChI=1S/C27H30B2N4O10/c30-23(34)6-5-18(10-24(35)36)31-26(38)22-9-19(32-25(37)14-1-3-16-12-42-28(40)20(16)7-14)11-33(22)27(39)15-2-4-17-13-43-29(41)21(17)8-15/h1-4,7-8,18-19,22,40-41H,5-6,9-13H2,(H2,30,34)(H,31,38)(H,32,37)(H,35,36)/t18-,19+,22-/m0/s1. The SMILES string of the molecule is NC(=O)CC[C@@H](CC(=O)O)NC(=O)[C@@H]1C[C@@H](NC(=O)c2ccc3c(c2)B(O)OC3)CN1C(=O)c1ccc2c(c1)B(O)OC2. The second-order valence-electron chi connectivity index (χ2n) is 10.8. The lowest BCUT2D eigenvalue weighted by Crippen LogP contribution is -2.49. The van der Waals surface area contributed by atoms with Gasteiger partial charge in [0, 0.05) is 36.2 Å². The molecule has 0 unspecified atom stereocenters. The smallest absolute Gasteiger partial charge is 0.481 e. The van der Waals surface area contributed by atoms with E-state index in [0.717, 1.165) is 11.1 Å². The number of nitrogens with zero attached hydrogens (tertiary/aromatic N) is 1. The minimum atomic E-state index is -1.19. The van der Waals surface area contributed by atoms with Crippen LogP contribution < -0.4 is 27.3 Å². The highest BCUT2D eigenvalue weighted by Gasteiger charge is 2.42. The van der Waals surface area contributed by atoms with Crippen LogP contribution in [-0.4, -0.2) is 88.6 Å². The molecule has 4 amide bonds. The first-order valence-corrected chi connectivity index (χ1v) is 13.8. The number of benzene rings is 2. The fourth-order valence-corrected chi connectivity index (χ4v) is 5.60. The summed E-state index contributed by atoms with van der Waals surface area (Å²) in [5.74, 6) is -3.52. The van der Waals surface area contributed by atoms with Gasteiger partial charge in [-0.1, -0.05) is 12.1 Å². The van der Waals surface area contributed by atoms with Gasteiger partial charge in [0.1, 0.15) is 6.04 Å². The fraction of sp³-hybridized carbons (Fsp3) is 0.370. The van der Waals surface area contributed by atoms with Crippen LogP contribution in [0, 0.1) is 0 Å². The van der Waals surface area contributed by atoms with Gasteiger partial charge in [0.05, 0.1) is 19.6 Å². The number of rotatable bonds is 10. The van der Waals surface area contributed by atoms with E-state index in [-0.39, 0.29) is 50.1 Å². The zero-order valence-corrected chi connectivity index (χ0v) is 23.0. The Kier molecular flexibility index (Phi) is 8.82. The molecule has 0 bridgehead atoms. The third-order valence-corrected chi connectivity index (χ3v) is 7.83. The Labute approximate surface area is 246 Å². The number of likely N-dealkylation sites (tertiary alicyclic amines) is 1. The summed E-state index contributed by atoms with van der Waals surface area (Å²) in [5.41, 5.74) is 8.06. The van der Waals surface area contributed by atoms with Crippen molar-refractivity contribution in [2.75, 3.05) is 6.54 Å². The molecule has 2 aromatic carbocycles.